The molecular weight excluding hydrogens is 288 g/mol. The molecule has 3 fully saturated rings. The summed E-state index contributed by atoms with van der Waals surface area (Å²) in [5, 5.41) is 0. The number of ether oxygens (including phenoxy) is 2. The normalized spacial score (nSPS) is 45.7. The number of rotatable bonds is 3. The Morgan fingerprint density at radius 1 is 1.30 bits per heavy atom. The van der Waals surface area contributed by atoms with Crippen molar-refractivity contribution < 1.29 is 14.3 Å². The summed E-state index contributed by atoms with van der Waals surface area (Å²) in [4.78, 5) is 12.3. The molecule has 0 bridgehead atoms. The highest BCUT2D eigenvalue weighted by Gasteiger charge is 2.73. The van der Waals surface area contributed by atoms with E-state index in [-0.39, 0.29) is 29.0 Å². The summed E-state index contributed by atoms with van der Waals surface area (Å²) in [5.41, 5.74) is 1.87. The van der Waals surface area contributed by atoms with Crippen LogP contribution in [0.5, 0.6) is 0 Å². The molecule has 1 saturated heterocycles. The number of carbonyl (C=O) groups is 1. The second-order valence-electron chi connectivity index (χ2n) is 8.17. The van der Waals surface area contributed by atoms with Crippen molar-refractivity contribution in [1.29, 1.82) is 0 Å². The number of epoxide rings is 1. The van der Waals surface area contributed by atoms with Crippen LogP contribution in [-0.4, -0.2) is 23.8 Å². The lowest BCUT2D eigenvalue weighted by Gasteiger charge is -2.52. The molecule has 0 aromatic rings. The Bertz CT molecular complexity index is 563. The molecule has 2 saturated carbocycles. The van der Waals surface area contributed by atoms with Gasteiger partial charge in [-0.25, -0.2) is 4.79 Å². The molecule has 6 atom stereocenters. The van der Waals surface area contributed by atoms with Crippen LogP contribution in [0.1, 0.15) is 60.3 Å². The van der Waals surface area contributed by atoms with E-state index in [1.54, 1.807) is 0 Å². The Balaban J connectivity index is 1.87. The highest BCUT2D eigenvalue weighted by molar-refractivity contribution is 5.87. The SMILES string of the molecule is C=C(C)C1CC2(C)C(C)CCC3OC32CC1OC(=O)C(C)=CC. The number of allylic oxidation sites excluding steroid dienone is 1. The zero-order valence-corrected chi connectivity index (χ0v) is 15.1. The average molecular weight is 318 g/mol. The average Bonchev–Trinajstić information content (AvgIpc) is 3.21. The molecule has 23 heavy (non-hydrogen) atoms. The summed E-state index contributed by atoms with van der Waals surface area (Å²) in [5.74, 6) is 0.659. The summed E-state index contributed by atoms with van der Waals surface area (Å²) in [6.07, 6.45) is 6.25. The predicted molar refractivity (Wildman–Crippen MR) is 91.0 cm³/mol. The Morgan fingerprint density at radius 2 is 2.00 bits per heavy atom. The van der Waals surface area contributed by atoms with E-state index in [4.69, 9.17) is 9.47 Å². The summed E-state index contributed by atoms with van der Waals surface area (Å²) in [6, 6.07) is 0. The van der Waals surface area contributed by atoms with E-state index in [2.05, 4.69) is 27.4 Å². The van der Waals surface area contributed by atoms with Gasteiger partial charge in [0, 0.05) is 23.3 Å². The maximum Gasteiger partial charge on any atom is 0.333 e. The van der Waals surface area contributed by atoms with E-state index in [1.807, 2.05) is 19.9 Å². The zero-order chi connectivity index (χ0) is 17.0. The first-order chi connectivity index (χ1) is 10.7. The standard InChI is InChI=1S/C20H30O3/c1-7-13(4)18(21)22-16-11-20-17(23-20)9-8-14(5)19(20,6)10-15(16)12(2)3/h7,14-17H,2,8-11H2,1,3-6H3. The topological polar surface area (TPSA) is 38.8 Å². The molecule has 3 heteroatoms. The quantitative estimate of drug-likeness (QED) is 0.334. The lowest BCUT2D eigenvalue weighted by Crippen LogP contribution is -2.55. The number of esters is 1. The molecular formula is C20H30O3. The molecule has 6 unspecified atom stereocenters. The highest BCUT2D eigenvalue weighted by Crippen LogP contribution is 2.68. The van der Waals surface area contributed by atoms with Gasteiger partial charge in [-0.3, -0.25) is 0 Å². The molecule has 3 aliphatic rings. The second-order valence-corrected chi connectivity index (χ2v) is 8.17. The Morgan fingerprint density at radius 3 is 2.61 bits per heavy atom. The summed E-state index contributed by atoms with van der Waals surface area (Å²) in [6.45, 7) is 14.7. The van der Waals surface area contributed by atoms with Gasteiger partial charge in [0.25, 0.3) is 0 Å². The molecule has 0 radical (unpaired) electrons. The van der Waals surface area contributed by atoms with Gasteiger partial charge in [-0.05, 0) is 46.0 Å². The molecule has 1 aliphatic heterocycles. The maximum atomic E-state index is 12.3. The van der Waals surface area contributed by atoms with Crippen LogP contribution in [0.25, 0.3) is 0 Å². The van der Waals surface area contributed by atoms with Gasteiger partial charge in [-0.2, -0.15) is 0 Å². The van der Waals surface area contributed by atoms with Gasteiger partial charge < -0.3 is 9.47 Å². The van der Waals surface area contributed by atoms with Crippen LogP contribution < -0.4 is 0 Å². The van der Waals surface area contributed by atoms with Crippen LogP contribution in [0.3, 0.4) is 0 Å². The van der Waals surface area contributed by atoms with Crippen molar-refractivity contribution in [3.63, 3.8) is 0 Å². The van der Waals surface area contributed by atoms with Gasteiger partial charge in [-0.1, -0.05) is 32.1 Å². The zero-order valence-electron chi connectivity index (χ0n) is 15.1. The second kappa shape index (κ2) is 5.47. The Hall–Kier alpha value is -1.09. The first kappa shape index (κ1) is 16.8. The summed E-state index contributed by atoms with van der Waals surface area (Å²) >= 11 is 0. The Kier molecular flexibility index (Phi) is 3.99. The molecule has 0 aromatic heterocycles. The molecule has 0 N–H and O–H groups in total. The van der Waals surface area contributed by atoms with Crippen molar-refractivity contribution in [2.24, 2.45) is 17.3 Å². The number of hydrogen-bond acceptors (Lipinski definition) is 3. The fourth-order valence-corrected chi connectivity index (χ4v) is 4.93. The van der Waals surface area contributed by atoms with Crippen molar-refractivity contribution >= 4 is 5.97 Å². The van der Waals surface area contributed by atoms with E-state index in [9.17, 15) is 4.79 Å². The molecule has 3 nitrogen and oxygen atoms in total. The van der Waals surface area contributed by atoms with Gasteiger partial charge in [0.05, 0.1) is 6.10 Å². The highest BCUT2D eigenvalue weighted by atomic mass is 16.6. The van der Waals surface area contributed by atoms with E-state index in [1.165, 1.54) is 6.42 Å². The minimum absolute atomic E-state index is 0.0780. The lowest BCUT2D eigenvalue weighted by molar-refractivity contribution is -0.155. The lowest BCUT2D eigenvalue weighted by atomic mass is 9.52. The minimum Gasteiger partial charge on any atom is -0.458 e. The smallest absolute Gasteiger partial charge is 0.333 e. The van der Waals surface area contributed by atoms with Crippen LogP contribution in [0.15, 0.2) is 23.8 Å². The van der Waals surface area contributed by atoms with Crippen LogP contribution in [0.4, 0.5) is 0 Å². The third kappa shape index (κ3) is 2.39. The molecule has 1 spiro atoms. The molecule has 1 heterocycles. The predicted octanol–water partition coefficient (Wildman–Crippen LogP) is 4.42. The van der Waals surface area contributed by atoms with Gasteiger partial charge in [0.1, 0.15) is 11.7 Å². The monoisotopic (exact) mass is 318 g/mol. The molecule has 2 aliphatic carbocycles. The van der Waals surface area contributed by atoms with Crippen molar-refractivity contribution in [3.8, 4) is 0 Å². The van der Waals surface area contributed by atoms with E-state index in [0.717, 1.165) is 24.8 Å². The maximum absolute atomic E-state index is 12.3. The minimum atomic E-state index is -0.204. The fourth-order valence-electron chi connectivity index (χ4n) is 4.93. The van der Waals surface area contributed by atoms with Crippen LogP contribution >= 0.6 is 0 Å². The van der Waals surface area contributed by atoms with Crippen LogP contribution in [0.2, 0.25) is 0 Å². The molecule has 0 amide bonds. The fraction of sp³-hybridized carbons (Fsp3) is 0.750. The number of hydrogen-bond donors (Lipinski definition) is 0. The first-order valence-corrected chi connectivity index (χ1v) is 8.92. The van der Waals surface area contributed by atoms with Crippen molar-refractivity contribution in [2.75, 3.05) is 0 Å². The summed E-state index contributed by atoms with van der Waals surface area (Å²) in [7, 11) is 0. The number of carbonyl (C=O) groups excluding carboxylic acids is 1. The van der Waals surface area contributed by atoms with Crippen LogP contribution in [0, 0.1) is 17.3 Å². The third-order valence-electron chi connectivity index (χ3n) is 6.98. The van der Waals surface area contributed by atoms with Crippen LogP contribution in [-0.2, 0) is 14.3 Å². The van der Waals surface area contributed by atoms with Gasteiger partial charge in [0.2, 0.25) is 0 Å². The van der Waals surface area contributed by atoms with Gasteiger partial charge in [0.15, 0.2) is 0 Å². The third-order valence-corrected chi connectivity index (χ3v) is 6.98. The van der Waals surface area contributed by atoms with Crippen molar-refractivity contribution in [1.82, 2.24) is 0 Å². The van der Waals surface area contributed by atoms with E-state index < -0.39 is 0 Å². The van der Waals surface area contributed by atoms with E-state index in [0.29, 0.717) is 17.6 Å². The van der Waals surface area contributed by atoms with Gasteiger partial charge >= 0.3 is 5.97 Å². The Labute approximate surface area is 140 Å². The molecule has 128 valence electrons. The largest absolute Gasteiger partial charge is 0.458 e. The van der Waals surface area contributed by atoms with Crippen molar-refractivity contribution in [3.05, 3.63) is 23.8 Å². The molecule has 3 rings (SSSR count). The van der Waals surface area contributed by atoms with Crippen molar-refractivity contribution in [2.45, 2.75) is 78.1 Å². The van der Waals surface area contributed by atoms with Gasteiger partial charge in [-0.15, -0.1) is 0 Å². The van der Waals surface area contributed by atoms with E-state index >= 15 is 0 Å². The molecule has 0 aromatic carbocycles. The first-order valence-electron chi connectivity index (χ1n) is 8.92. The summed E-state index contributed by atoms with van der Waals surface area (Å²) < 4.78 is 12.1.